The Hall–Kier alpha value is -6.00. The fourth-order valence-corrected chi connectivity index (χ4v) is 8.78. The molecule has 0 radical (unpaired) electrons. The number of amides is 2. The van der Waals surface area contributed by atoms with Crippen LogP contribution in [0.25, 0.3) is 44.8 Å². The maximum Gasteiger partial charge on any atom is 0.292 e. The lowest BCUT2D eigenvalue weighted by Crippen LogP contribution is -2.37. The van der Waals surface area contributed by atoms with Gasteiger partial charge in [0.1, 0.15) is 17.9 Å². The Morgan fingerprint density at radius 1 is 0.721 bits per heavy atom. The molecular weight excluding hydrogens is 861 g/mol. The molecule has 15 nitrogen and oxygen atoms in total. The van der Waals surface area contributed by atoms with Gasteiger partial charge in [0.25, 0.3) is 6.47 Å². The lowest BCUT2D eigenvalue weighted by atomic mass is 9.81. The van der Waals surface area contributed by atoms with E-state index in [0.29, 0.717) is 32.0 Å². The van der Waals surface area contributed by atoms with Crippen LogP contribution >= 0.6 is 0 Å². The number of methoxy groups -OCH3 is 2. The van der Waals surface area contributed by atoms with Crippen LogP contribution in [0.3, 0.4) is 0 Å². The zero-order chi connectivity index (χ0) is 49.4. The Morgan fingerprint density at radius 2 is 1.16 bits per heavy atom. The first-order chi connectivity index (χ1) is 33.1. The molecular formula is C53H74N8O7. The number of benzene rings is 3. The third kappa shape index (κ3) is 14.3. The van der Waals surface area contributed by atoms with Crippen molar-refractivity contribution in [3.8, 4) is 44.8 Å². The van der Waals surface area contributed by atoms with Crippen LogP contribution in [0.4, 0.5) is 0 Å². The predicted molar refractivity (Wildman–Crippen MR) is 269 cm³/mol. The number of likely N-dealkylation sites (N-methyl/N-ethyl adjacent to an activating group) is 1. The van der Waals surface area contributed by atoms with Gasteiger partial charge in [-0.2, -0.15) is 0 Å². The number of nitrogens with one attached hydrogen (secondary N) is 4. The summed E-state index contributed by atoms with van der Waals surface area (Å²) in [6, 6.07) is 22.3. The lowest BCUT2D eigenvalue weighted by molar-refractivity contribution is -0.132. The van der Waals surface area contributed by atoms with Crippen LogP contribution in [0.2, 0.25) is 0 Å². The van der Waals surface area contributed by atoms with Gasteiger partial charge < -0.3 is 44.5 Å². The average molecular weight is 935 g/mol. The van der Waals surface area contributed by atoms with Crippen molar-refractivity contribution in [2.24, 2.45) is 0 Å². The maximum absolute atomic E-state index is 12.6. The number of rotatable bonds is 12. The van der Waals surface area contributed by atoms with Crippen molar-refractivity contribution in [1.29, 1.82) is 0 Å². The molecule has 3 saturated heterocycles. The van der Waals surface area contributed by atoms with Gasteiger partial charge in [0.15, 0.2) is 0 Å². The van der Waals surface area contributed by atoms with Gasteiger partial charge in [-0.15, -0.1) is 0 Å². The molecule has 4 N–H and O–H groups in total. The monoisotopic (exact) mass is 935 g/mol. The van der Waals surface area contributed by atoms with Crippen molar-refractivity contribution in [3.63, 3.8) is 0 Å². The molecule has 3 fully saturated rings. The molecule has 4 atom stereocenters. The standard InChI is InChI=1S/C40H41N7O3.C3H7NO.2C3H8.C2H4O2.C2H6O/c1-46-18-2-4-32(46)39-42-20-30(44-39)26-10-6-24(7-11-26)28-14-15-29(38-35-17-16-34(50-35)37(28)38)25-8-12-27(13-9-25)31-21-43-40(45-31)33-5-3-19-47(33)36(49)22-41-23-48;1-4-2-3-5;2*1-3-2;1-4-2-3;1-3-2/h6-15,20-21,23,32-35H,2-5,16-19,22H2,1H3,(H,41,48)(H,42,44)(H,43,45);3-4H,2H2,1H3;2*3H2,1-2H3;2H,1H3;1-2H3/t32-,33-,34?,35?;;;;;/m0...../s1. The second-order valence-electron chi connectivity index (χ2n) is 17.0. The summed E-state index contributed by atoms with van der Waals surface area (Å²) in [5.41, 5.74) is 11.7. The molecule has 2 amide bonds. The van der Waals surface area contributed by atoms with Gasteiger partial charge in [0.2, 0.25) is 12.3 Å². The highest BCUT2D eigenvalue weighted by Crippen LogP contribution is 2.56. The molecule has 0 saturated carbocycles. The molecule has 3 aromatic carbocycles. The minimum absolute atomic E-state index is 0.00392. The van der Waals surface area contributed by atoms with E-state index < -0.39 is 0 Å². The lowest BCUT2D eigenvalue weighted by Gasteiger charge is -2.23. The summed E-state index contributed by atoms with van der Waals surface area (Å²) in [6.07, 6.45) is 14.2. The van der Waals surface area contributed by atoms with Crippen molar-refractivity contribution in [2.45, 2.75) is 103 Å². The highest BCUT2D eigenvalue weighted by atomic mass is 16.5. The molecule has 5 aromatic rings. The normalized spacial score (nSPS) is 18.3. The molecule has 9 rings (SSSR count). The molecule has 2 bridgehead atoms. The van der Waals surface area contributed by atoms with E-state index >= 15 is 0 Å². The number of carbonyl (C=O) groups is 4. The van der Waals surface area contributed by atoms with Gasteiger partial charge in [-0.25, -0.2) is 9.97 Å². The first-order valence-electron chi connectivity index (χ1n) is 23.9. The van der Waals surface area contributed by atoms with Gasteiger partial charge in [0.05, 0.1) is 68.3 Å². The number of carbonyl (C=O) groups excluding carboxylic acids is 4. The molecule has 2 unspecified atom stereocenters. The van der Waals surface area contributed by atoms with Crippen LogP contribution in [-0.4, -0.2) is 116 Å². The number of hydrogen-bond acceptors (Lipinski definition) is 11. The predicted octanol–water partition coefficient (Wildman–Crippen LogP) is 9.17. The van der Waals surface area contributed by atoms with Crippen LogP contribution in [0.15, 0.2) is 73.1 Å². The summed E-state index contributed by atoms with van der Waals surface area (Å²) in [5, 5.41) is 5.13. The van der Waals surface area contributed by atoms with E-state index in [1.165, 1.54) is 59.8 Å². The molecule has 2 aromatic heterocycles. The molecule has 6 heterocycles. The number of aldehydes is 1. The largest absolute Gasteiger partial charge is 0.471 e. The topological polar surface area (TPSA) is 184 Å². The van der Waals surface area contributed by atoms with Gasteiger partial charge in [-0.05, 0) is 104 Å². The van der Waals surface area contributed by atoms with Crippen LogP contribution in [-0.2, 0) is 33.4 Å². The number of fused-ring (bicyclic) bond motifs is 5. The van der Waals surface area contributed by atoms with Crippen LogP contribution < -0.4 is 10.6 Å². The van der Waals surface area contributed by atoms with Gasteiger partial charge >= 0.3 is 0 Å². The number of ether oxygens (including phenoxy) is 3. The van der Waals surface area contributed by atoms with E-state index in [0.717, 1.165) is 79.1 Å². The summed E-state index contributed by atoms with van der Waals surface area (Å²) < 4.78 is 14.6. The summed E-state index contributed by atoms with van der Waals surface area (Å²) in [4.78, 5) is 62.2. The van der Waals surface area contributed by atoms with Crippen LogP contribution in [0, 0.1) is 0 Å². The molecule has 4 aliphatic heterocycles. The Morgan fingerprint density at radius 3 is 1.56 bits per heavy atom. The zero-order valence-corrected chi connectivity index (χ0v) is 41.6. The molecule has 0 aliphatic carbocycles. The van der Waals surface area contributed by atoms with Crippen molar-refractivity contribution in [2.75, 3.05) is 61.6 Å². The quantitative estimate of drug-likeness (QED) is 0.0875. The average Bonchev–Trinajstić information content (AvgIpc) is 4.23. The molecule has 15 heteroatoms. The van der Waals surface area contributed by atoms with E-state index in [9.17, 15) is 14.4 Å². The highest BCUT2D eigenvalue weighted by Gasteiger charge is 2.41. The molecule has 4 aliphatic rings. The number of likely N-dealkylation sites (tertiary alicyclic amines) is 2. The van der Waals surface area contributed by atoms with Crippen molar-refractivity contribution < 1.29 is 33.4 Å². The number of imidazole rings is 2. The Bertz CT molecular complexity index is 2270. The fraction of sp³-hybridized carbons (Fsp3) is 0.472. The summed E-state index contributed by atoms with van der Waals surface area (Å²) in [6.45, 7) is 11.1. The Kier molecular flexibility index (Phi) is 23.3. The number of aromatic amines is 2. The summed E-state index contributed by atoms with van der Waals surface area (Å²) in [7, 11) is 8.47. The smallest absolute Gasteiger partial charge is 0.292 e. The van der Waals surface area contributed by atoms with E-state index in [1.807, 2.05) is 12.4 Å². The van der Waals surface area contributed by atoms with Crippen molar-refractivity contribution in [1.82, 2.24) is 40.4 Å². The Labute approximate surface area is 403 Å². The SMILES string of the molecule is CCC.CCC.CN1CCC[C@H]1c1ncc(-c2ccc(-c3ccc(-c4ccc(-c5cnc([C@@H]6CCCN6C(=O)CNC=O)[nH]5)cc4)c4c3C3CCC4O3)cc2)[nH]1.CNCC=O.COC.COC=O. The van der Waals surface area contributed by atoms with Gasteiger partial charge in [-0.1, -0.05) is 101 Å². The first-order valence-corrected chi connectivity index (χ1v) is 23.9. The highest BCUT2D eigenvalue weighted by molar-refractivity contribution is 5.82. The second-order valence-corrected chi connectivity index (χ2v) is 17.0. The van der Waals surface area contributed by atoms with Crippen molar-refractivity contribution >= 4 is 25.1 Å². The second kappa shape index (κ2) is 29.0. The van der Waals surface area contributed by atoms with Gasteiger partial charge in [0, 0.05) is 20.8 Å². The third-order valence-electron chi connectivity index (χ3n) is 11.6. The number of hydrogen-bond donors (Lipinski definition) is 4. The van der Waals surface area contributed by atoms with E-state index in [2.05, 4.69) is 135 Å². The van der Waals surface area contributed by atoms with Crippen LogP contribution in [0.1, 0.15) is 126 Å². The van der Waals surface area contributed by atoms with E-state index in [4.69, 9.17) is 14.5 Å². The Balaban J connectivity index is 0.000000486. The third-order valence-corrected chi connectivity index (χ3v) is 11.6. The first kappa shape index (κ1) is 54.6. The number of H-pyrrole nitrogens is 2. The minimum Gasteiger partial charge on any atom is -0.471 e. The number of nitrogens with zero attached hydrogens (tertiary/aromatic N) is 4. The fourth-order valence-electron chi connectivity index (χ4n) is 8.78. The zero-order valence-electron chi connectivity index (χ0n) is 41.6. The van der Waals surface area contributed by atoms with Crippen molar-refractivity contribution in [3.05, 3.63) is 95.8 Å². The van der Waals surface area contributed by atoms with E-state index in [1.54, 1.807) is 26.2 Å². The minimum atomic E-state index is -0.112. The summed E-state index contributed by atoms with van der Waals surface area (Å²) >= 11 is 0. The van der Waals surface area contributed by atoms with E-state index in [-0.39, 0.29) is 30.7 Å². The summed E-state index contributed by atoms with van der Waals surface area (Å²) in [5.74, 6) is 1.75. The number of aromatic nitrogens is 4. The molecule has 0 spiro atoms. The molecule has 368 valence electrons. The molecule has 68 heavy (non-hydrogen) atoms. The van der Waals surface area contributed by atoms with Gasteiger partial charge in [-0.3, -0.25) is 19.3 Å². The maximum atomic E-state index is 12.6. The van der Waals surface area contributed by atoms with Crippen LogP contribution in [0.5, 0.6) is 0 Å².